The van der Waals surface area contributed by atoms with E-state index >= 15 is 0 Å². The molecule has 0 bridgehead atoms. The smallest absolute Gasteiger partial charge is 0.294 e. The summed E-state index contributed by atoms with van der Waals surface area (Å²) in [4.78, 5) is 18.8. The molecule has 1 amide bonds. The van der Waals surface area contributed by atoms with E-state index in [1.807, 2.05) is 11.8 Å². The number of carbonyl (C=O) groups is 1. The second kappa shape index (κ2) is 5.68. The number of rotatable bonds is 5. The first-order chi connectivity index (χ1) is 10.2. The minimum absolute atomic E-state index is 0.0750. The molecule has 0 spiro atoms. The number of nitrogens with zero attached hydrogens (tertiary/aromatic N) is 3. The van der Waals surface area contributed by atoms with Gasteiger partial charge in [-0.2, -0.15) is 0 Å². The number of H-pyrrole nitrogens is 1. The van der Waals surface area contributed by atoms with E-state index in [2.05, 4.69) is 46.4 Å². The highest BCUT2D eigenvalue weighted by atomic mass is 16.2. The van der Waals surface area contributed by atoms with Crippen molar-refractivity contribution in [3.05, 3.63) is 47.0 Å². The molecule has 1 saturated carbocycles. The van der Waals surface area contributed by atoms with Gasteiger partial charge in [0.25, 0.3) is 5.91 Å². The predicted molar refractivity (Wildman–Crippen MR) is 79.8 cm³/mol. The fourth-order valence-electron chi connectivity index (χ4n) is 2.32. The van der Waals surface area contributed by atoms with E-state index in [0.717, 1.165) is 30.7 Å². The van der Waals surface area contributed by atoms with Crippen LogP contribution >= 0.6 is 0 Å². The molecule has 1 aromatic heterocycles. The Hall–Kier alpha value is -2.17. The average molecular weight is 284 g/mol. The predicted octanol–water partition coefficient (Wildman–Crippen LogP) is 2.48. The third-order valence-corrected chi connectivity index (χ3v) is 3.78. The van der Waals surface area contributed by atoms with E-state index in [9.17, 15) is 4.79 Å². The SMILES string of the molecule is CCc1nc(C(=O)N(Cc2ccc(C)cc2)C2CC2)n[nH]1. The summed E-state index contributed by atoms with van der Waals surface area (Å²) >= 11 is 0. The average Bonchev–Trinajstić information content (AvgIpc) is 3.22. The number of hydrogen-bond acceptors (Lipinski definition) is 3. The molecule has 2 aromatic rings. The van der Waals surface area contributed by atoms with Gasteiger partial charge in [-0.05, 0) is 25.3 Å². The van der Waals surface area contributed by atoms with Crippen LogP contribution in [0.15, 0.2) is 24.3 Å². The maximum Gasteiger partial charge on any atom is 0.294 e. The molecule has 110 valence electrons. The Morgan fingerprint density at radius 1 is 1.33 bits per heavy atom. The summed E-state index contributed by atoms with van der Waals surface area (Å²) in [6.07, 6.45) is 2.90. The zero-order valence-electron chi connectivity index (χ0n) is 12.5. The molecular formula is C16H20N4O. The molecular weight excluding hydrogens is 264 g/mol. The van der Waals surface area contributed by atoms with Crippen molar-refractivity contribution in [3.8, 4) is 0 Å². The van der Waals surface area contributed by atoms with Crippen LogP contribution in [0.1, 0.15) is 47.3 Å². The molecule has 5 nitrogen and oxygen atoms in total. The summed E-state index contributed by atoms with van der Waals surface area (Å²) in [6, 6.07) is 8.64. The highest BCUT2D eigenvalue weighted by Crippen LogP contribution is 2.29. The molecule has 1 fully saturated rings. The first-order valence-electron chi connectivity index (χ1n) is 7.45. The Bertz CT molecular complexity index is 628. The molecule has 1 N–H and O–H groups in total. The van der Waals surface area contributed by atoms with Gasteiger partial charge in [0, 0.05) is 19.0 Å². The van der Waals surface area contributed by atoms with Crippen LogP contribution < -0.4 is 0 Å². The summed E-state index contributed by atoms with van der Waals surface area (Å²) in [7, 11) is 0. The number of carbonyl (C=O) groups excluding carboxylic acids is 1. The van der Waals surface area contributed by atoms with Crippen molar-refractivity contribution in [2.45, 2.75) is 45.7 Å². The van der Waals surface area contributed by atoms with Gasteiger partial charge in [0.05, 0.1) is 0 Å². The quantitative estimate of drug-likeness (QED) is 0.917. The summed E-state index contributed by atoms with van der Waals surface area (Å²) in [5, 5.41) is 6.86. The van der Waals surface area contributed by atoms with Gasteiger partial charge in [0.1, 0.15) is 5.82 Å². The lowest BCUT2D eigenvalue weighted by molar-refractivity contribution is 0.0718. The van der Waals surface area contributed by atoms with Crippen molar-refractivity contribution in [2.24, 2.45) is 0 Å². The largest absolute Gasteiger partial charge is 0.329 e. The Morgan fingerprint density at radius 3 is 2.62 bits per heavy atom. The van der Waals surface area contributed by atoms with Gasteiger partial charge < -0.3 is 4.90 Å². The highest BCUT2D eigenvalue weighted by Gasteiger charge is 2.34. The standard InChI is InChI=1S/C16H20N4O/c1-3-14-17-15(19-18-14)16(21)20(13-8-9-13)10-12-6-4-11(2)5-7-12/h4-7,13H,3,8-10H2,1-2H3,(H,17,18,19). The number of nitrogens with one attached hydrogen (secondary N) is 1. The third kappa shape index (κ3) is 3.12. The maximum absolute atomic E-state index is 12.6. The van der Waals surface area contributed by atoms with Crippen molar-refractivity contribution >= 4 is 5.91 Å². The van der Waals surface area contributed by atoms with Gasteiger partial charge >= 0.3 is 0 Å². The molecule has 1 aliphatic rings. The molecule has 0 radical (unpaired) electrons. The number of hydrogen-bond donors (Lipinski definition) is 1. The normalized spacial score (nSPS) is 14.2. The Morgan fingerprint density at radius 2 is 2.05 bits per heavy atom. The molecule has 5 heteroatoms. The van der Waals surface area contributed by atoms with Crippen LogP contribution in [0.2, 0.25) is 0 Å². The van der Waals surface area contributed by atoms with Gasteiger partial charge in [0.2, 0.25) is 5.82 Å². The lowest BCUT2D eigenvalue weighted by Crippen LogP contribution is -2.33. The zero-order valence-corrected chi connectivity index (χ0v) is 12.5. The van der Waals surface area contributed by atoms with Crippen LogP contribution in [-0.4, -0.2) is 32.0 Å². The van der Waals surface area contributed by atoms with Crippen LogP contribution in [0.4, 0.5) is 0 Å². The fourth-order valence-corrected chi connectivity index (χ4v) is 2.32. The zero-order chi connectivity index (χ0) is 14.8. The minimum Gasteiger partial charge on any atom is -0.329 e. The number of aromatic nitrogens is 3. The van der Waals surface area contributed by atoms with Crippen LogP contribution in [0.5, 0.6) is 0 Å². The first-order valence-corrected chi connectivity index (χ1v) is 7.45. The number of amides is 1. The highest BCUT2D eigenvalue weighted by molar-refractivity contribution is 5.90. The maximum atomic E-state index is 12.6. The van der Waals surface area contributed by atoms with Gasteiger partial charge in [-0.1, -0.05) is 36.8 Å². The van der Waals surface area contributed by atoms with Crippen LogP contribution in [-0.2, 0) is 13.0 Å². The molecule has 1 aliphatic carbocycles. The number of benzene rings is 1. The van der Waals surface area contributed by atoms with Crippen molar-refractivity contribution in [1.29, 1.82) is 0 Å². The molecule has 1 aromatic carbocycles. The van der Waals surface area contributed by atoms with Crippen LogP contribution in [0, 0.1) is 6.92 Å². The van der Waals surface area contributed by atoms with E-state index in [0.29, 0.717) is 12.6 Å². The summed E-state index contributed by atoms with van der Waals surface area (Å²) in [5.41, 5.74) is 2.37. The minimum atomic E-state index is -0.0750. The topological polar surface area (TPSA) is 61.9 Å². The molecule has 0 aliphatic heterocycles. The van der Waals surface area contributed by atoms with Gasteiger partial charge in [0.15, 0.2) is 0 Å². The Kier molecular flexibility index (Phi) is 3.73. The van der Waals surface area contributed by atoms with Crippen molar-refractivity contribution < 1.29 is 4.79 Å². The van der Waals surface area contributed by atoms with Gasteiger partial charge in [-0.3, -0.25) is 9.89 Å². The molecule has 0 atom stereocenters. The second-order valence-corrected chi connectivity index (χ2v) is 5.61. The number of aryl methyl sites for hydroxylation is 2. The monoisotopic (exact) mass is 284 g/mol. The summed E-state index contributed by atoms with van der Waals surface area (Å²) < 4.78 is 0. The van der Waals surface area contributed by atoms with Crippen LogP contribution in [0.3, 0.4) is 0 Å². The number of aromatic amines is 1. The van der Waals surface area contributed by atoms with E-state index in [1.165, 1.54) is 5.56 Å². The second-order valence-electron chi connectivity index (χ2n) is 5.61. The van der Waals surface area contributed by atoms with Crippen LogP contribution in [0.25, 0.3) is 0 Å². The molecule has 3 rings (SSSR count). The van der Waals surface area contributed by atoms with Gasteiger partial charge in [-0.15, -0.1) is 5.10 Å². The van der Waals surface area contributed by atoms with Crippen molar-refractivity contribution in [2.75, 3.05) is 0 Å². The van der Waals surface area contributed by atoms with E-state index in [4.69, 9.17) is 0 Å². The molecule has 0 saturated heterocycles. The first kappa shape index (κ1) is 13.8. The summed E-state index contributed by atoms with van der Waals surface area (Å²) in [5.74, 6) is 0.962. The molecule has 21 heavy (non-hydrogen) atoms. The van der Waals surface area contributed by atoms with E-state index in [1.54, 1.807) is 0 Å². The Labute approximate surface area is 124 Å². The fraction of sp³-hybridized carbons (Fsp3) is 0.438. The molecule has 1 heterocycles. The lowest BCUT2D eigenvalue weighted by Gasteiger charge is -2.21. The Balaban J connectivity index is 1.77. The lowest BCUT2D eigenvalue weighted by atomic mass is 10.1. The molecule has 0 unspecified atom stereocenters. The van der Waals surface area contributed by atoms with Crippen molar-refractivity contribution in [1.82, 2.24) is 20.1 Å². The third-order valence-electron chi connectivity index (χ3n) is 3.78. The van der Waals surface area contributed by atoms with E-state index < -0.39 is 0 Å². The summed E-state index contributed by atoms with van der Waals surface area (Å²) in [6.45, 7) is 4.67. The van der Waals surface area contributed by atoms with E-state index in [-0.39, 0.29) is 11.7 Å². The van der Waals surface area contributed by atoms with Gasteiger partial charge in [-0.25, -0.2) is 4.98 Å². The van der Waals surface area contributed by atoms with Crippen molar-refractivity contribution in [3.63, 3.8) is 0 Å².